The third-order valence-electron chi connectivity index (χ3n) is 4.91. The Balaban J connectivity index is 1.62. The van der Waals surface area contributed by atoms with Gasteiger partial charge in [-0.2, -0.15) is 0 Å². The molecule has 7 N–H and O–H groups in total. The third kappa shape index (κ3) is 7.57. The summed E-state index contributed by atoms with van der Waals surface area (Å²) in [5.74, 6) is -2.27. The predicted molar refractivity (Wildman–Crippen MR) is 133 cm³/mol. The highest BCUT2D eigenvalue weighted by Gasteiger charge is 2.23. The van der Waals surface area contributed by atoms with Crippen LogP contribution in [0.15, 0.2) is 45.9 Å². The lowest BCUT2D eigenvalue weighted by molar-refractivity contribution is -0.137. The van der Waals surface area contributed by atoms with Crippen molar-refractivity contribution in [2.45, 2.75) is 18.6 Å². The number of carbonyl (C=O) groups is 3. The van der Waals surface area contributed by atoms with Crippen LogP contribution in [0.4, 0.5) is 5.69 Å². The zero-order valence-corrected chi connectivity index (χ0v) is 20.6. The molecule has 0 saturated heterocycles. The first-order chi connectivity index (χ1) is 16.6. The number of aliphatic carboxylic acids is 1. The number of rotatable bonds is 8. The number of carboxylic acid groups (broad SMARTS) is 1. The summed E-state index contributed by atoms with van der Waals surface area (Å²) < 4.78 is 0.493. The fourth-order valence-corrected chi connectivity index (χ4v) is 4.10. The Bertz CT molecular complexity index is 1160. The number of halogens is 2. The summed E-state index contributed by atoms with van der Waals surface area (Å²) in [6.07, 6.45) is -1.06. The molecule has 0 aliphatic carbocycles. The number of amides is 2. The molecule has 13 heteroatoms. The summed E-state index contributed by atoms with van der Waals surface area (Å²) in [4.78, 5) is 40.5. The highest BCUT2D eigenvalue weighted by atomic mass is 79.9. The molecule has 35 heavy (non-hydrogen) atoms. The molecule has 1 heterocycles. The number of aliphatic hydroxyl groups excluding tert-OH is 1. The van der Waals surface area contributed by atoms with E-state index in [1.807, 2.05) is 0 Å². The minimum atomic E-state index is -1.20. The molecule has 2 atom stereocenters. The molecule has 0 bridgehead atoms. The lowest BCUT2D eigenvalue weighted by atomic mass is 10.0. The molecule has 0 saturated carbocycles. The maximum atomic E-state index is 12.6. The van der Waals surface area contributed by atoms with Gasteiger partial charge in [0.1, 0.15) is 5.75 Å². The number of guanidine groups is 1. The molecule has 1 aliphatic rings. The van der Waals surface area contributed by atoms with Gasteiger partial charge in [0.15, 0.2) is 5.96 Å². The number of aromatic hydroxyl groups is 1. The number of phenolic OH excluding ortho intramolecular Hbond substituents is 1. The number of nitrogens with one attached hydrogen (secondary N) is 4. The summed E-state index contributed by atoms with van der Waals surface area (Å²) in [6, 6.07) is 8.32. The van der Waals surface area contributed by atoms with Crippen LogP contribution >= 0.6 is 27.5 Å². The number of β-amino-alcohol motifs (C(OH)–C–C–N with tert-alkyl or cyclic N) is 1. The van der Waals surface area contributed by atoms with Crippen molar-refractivity contribution in [1.82, 2.24) is 16.0 Å². The van der Waals surface area contributed by atoms with Crippen LogP contribution in [0.1, 0.15) is 28.4 Å². The maximum absolute atomic E-state index is 12.6. The molecule has 0 radical (unpaired) electrons. The second kappa shape index (κ2) is 11.9. The van der Waals surface area contributed by atoms with Gasteiger partial charge in [0.2, 0.25) is 5.91 Å². The minimum Gasteiger partial charge on any atom is -0.506 e. The SMILES string of the molecule is O=C(O)C[C@H](NC(=O)CNC(=O)c1cccc(NC2=NCC(O)CN2)c1)c1cc(Br)cc(Cl)c1O. The number of benzene rings is 2. The predicted octanol–water partition coefficient (Wildman–Crippen LogP) is 1.60. The van der Waals surface area contributed by atoms with E-state index in [0.29, 0.717) is 22.7 Å². The van der Waals surface area contributed by atoms with Crippen molar-refractivity contribution >= 4 is 57.0 Å². The Morgan fingerprint density at radius 1 is 1.26 bits per heavy atom. The van der Waals surface area contributed by atoms with Crippen LogP contribution in [0.5, 0.6) is 5.75 Å². The van der Waals surface area contributed by atoms with E-state index in [1.165, 1.54) is 12.1 Å². The van der Waals surface area contributed by atoms with Gasteiger partial charge in [-0.1, -0.05) is 33.6 Å². The molecular formula is C22H23BrClN5O6. The standard InChI is InChI=1S/C22H23BrClN5O6/c23-12-5-15(20(34)16(24)6-12)17(7-19(32)33)29-18(31)10-25-21(35)11-2-1-3-13(4-11)28-22-26-8-14(30)9-27-22/h1-6,14,17,30,34H,7-10H2,(H,25,35)(H,29,31)(H,32,33)(H2,26,27,28)/t17-/m0/s1. The Morgan fingerprint density at radius 2 is 2.03 bits per heavy atom. The summed E-state index contributed by atoms with van der Waals surface area (Å²) in [5, 5.41) is 39.9. The number of aliphatic hydroxyl groups is 1. The first kappa shape index (κ1) is 26.3. The fourth-order valence-electron chi connectivity index (χ4n) is 3.26. The molecule has 0 aromatic heterocycles. The lowest BCUT2D eigenvalue weighted by Gasteiger charge is -2.20. The lowest BCUT2D eigenvalue weighted by Crippen LogP contribution is -2.42. The van der Waals surface area contributed by atoms with Crippen molar-refractivity contribution in [3.63, 3.8) is 0 Å². The van der Waals surface area contributed by atoms with Gasteiger partial charge in [-0.15, -0.1) is 0 Å². The molecule has 0 fully saturated rings. The highest BCUT2D eigenvalue weighted by Crippen LogP contribution is 2.36. The van der Waals surface area contributed by atoms with Crippen LogP contribution in [0.25, 0.3) is 0 Å². The van der Waals surface area contributed by atoms with E-state index in [-0.39, 0.29) is 28.4 Å². The Labute approximate surface area is 213 Å². The van der Waals surface area contributed by atoms with Crippen LogP contribution < -0.4 is 21.3 Å². The Morgan fingerprint density at radius 3 is 2.71 bits per heavy atom. The van der Waals surface area contributed by atoms with Gasteiger partial charge >= 0.3 is 5.97 Å². The van der Waals surface area contributed by atoms with Crippen molar-refractivity contribution < 1.29 is 29.7 Å². The molecule has 1 unspecified atom stereocenters. The van der Waals surface area contributed by atoms with Crippen LogP contribution in [0.3, 0.4) is 0 Å². The van der Waals surface area contributed by atoms with Gasteiger partial charge in [-0.05, 0) is 30.3 Å². The van der Waals surface area contributed by atoms with E-state index in [1.54, 1.807) is 24.3 Å². The summed E-state index contributed by atoms with van der Waals surface area (Å²) in [5.41, 5.74) is 0.975. The van der Waals surface area contributed by atoms with Gasteiger partial charge in [-0.3, -0.25) is 19.4 Å². The van der Waals surface area contributed by atoms with Gasteiger partial charge in [0, 0.05) is 27.8 Å². The molecule has 1 aliphatic heterocycles. The molecule has 2 amide bonds. The zero-order valence-electron chi connectivity index (χ0n) is 18.2. The van der Waals surface area contributed by atoms with Crippen molar-refractivity contribution in [3.05, 3.63) is 57.0 Å². The van der Waals surface area contributed by atoms with Gasteiger partial charge in [0.05, 0.1) is 36.7 Å². The van der Waals surface area contributed by atoms with Crippen LogP contribution in [0, 0.1) is 0 Å². The number of phenols is 1. The molecular weight excluding hydrogens is 546 g/mol. The van der Waals surface area contributed by atoms with E-state index in [9.17, 15) is 29.7 Å². The number of carbonyl (C=O) groups excluding carboxylic acids is 2. The van der Waals surface area contributed by atoms with E-state index >= 15 is 0 Å². The van der Waals surface area contributed by atoms with Crippen molar-refractivity contribution in [2.24, 2.45) is 4.99 Å². The number of aliphatic imine (C=N–C) groups is 1. The number of hydrogen-bond acceptors (Lipinski definition) is 8. The number of nitrogens with zero attached hydrogens (tertiary/aromatic N) is 1. The monoisotopic (exact) mass is 567 g/mol. The normalized spacial score (nSPS) is 15.9. The van der Waals surface area contributed by atoms with Crippen molar-refractivity contribution in [2.75, 3.05) is 25.0 Å². The Hall–Kier alpha value is -3.35. The molecule has 2 aromatic rings. The van der Waals surface area contributed by atoms with Gasteiger partial charge in [-0.25, -0.2) is 0 Å². The smallest absolute Gasteiger partial charge is 0.305 e. The van der Waals surface area contributed by atoms with Crippen LogP contribution in [-0.4, -0.2) is 64.8 Å². The highest BCUT2D eigenvalue weighted by molar-refractivity contribution is 9.10. The summed E-state index contributed by atoms with van der Waals surface area (Å²) in [6.45, 7) is 0.187. The van der Waals surface area contributed by atoms with Crippen molar-refractivity contribution in [3.8, 4) is 5.75 Å². The third-order valence-corrected chi connectivity index (χ3v) is 5.66. The largest absolute Gasteiger partial charge is 0.506 e. The number of hydrogen-bond donors (Lipinski definition) is 7. The molecule has 0 spiro atoms. The zero-order chi connectivity index (χ0) is 25.5. The van der Waals surface area contributed by atoms with Crippen molar-refractivity contribution in [1.29, 1.82) is 0 Å². The van der Waals surface area contributed by atoms with E-state index in [4.69, 9.17) is 11.6 Å². The van der Waals surface area contributed by atoms with Crippen LogP contribution in [0.2, 0.25) is 5.02 Å². The molecule has 3 rings (SSSR count). The minimum absolute atomic E-state index is 0.00799. The van der Waals surface area contributed by atoms with Gasteiger partial charge < -0.3 is 36.6 Å². The number of carboxylic acids is 1. The number of anilines is 1. The topological polar surface area (TPSA) is 172 Å². The Kier molecular flexibility index (Phi) is 8.90. The average Bonchev–Trinajstić information content (AvgIpc) is 2.81. The average molecular weight is 569 g/mol. The fraction of sp³-hybridized carbons (Fsp3) is 0.273. The first-order valence-corrected chi connectivity index (χ1v) is 11.6. The first-order valence-electron chi connectivity index (χ1n) is 10.4. The summed E-state index contributed by atoms with van der Waals surface area (Å²) >= 11 is 9.19. The van der Waals surface area contributed by atoms with E-state index in [2.05, 4.69) is 42.2 Å². The second-order valence-corrected chi connectivity index (χ2v) is 8.98. The summed E-state index contributed by atoms with van der Waals surface area (Å²) in [7, 11) is 0. The van der Waals surface area contributed by atoms with E-state index < -0.39 is 42.9 Å². The maximum Gasteiger partial charge on any atom is 0.305 e. The quantitative estimate of drug-likeness (QED) is 0.252. The van der Waals surface area contributed by atoms with Gasteiger partial charge in [0.25, 0.3) is 5.91 Å². The molecule has 186 valence electrons. The van der Waals surface area contributed by atoms with E-state index in [0.717, 1.165) is 0 Å². The van der Waals surface area contributed by atoms with Crippen LogP contribution in [-0.2, 0) is 9.59 Å². The second-order valence-electron chi connectivity index (χ2n) is 7.66. The molecule has 2 aromatic carbocycles. The molecule has 11 nitrogen and oxygen atoms in total.